The first-order chi connectivity index (χ1) is 10.2. The molecule has 1 aromatic rings. The molecule has 0 bridgehead atoms. The number of likely N-dealkylation sites (N-methyl/N-ethyl adjacent to an activating group) is 1. The van der Waals surface area contributed by atoms with Crippen LogP contribution in [0.1, 0.15) is 25.7 Å². The van der Waals surface area contributed by atoms with Crippen LogP contribution in [0.15, 0.2) is 24.3 Å². The number of benzene rings is 1. The van der Waals surface area contributed by atoms with Gasteiger partial charge in [-0.15, -0.1) is 0 Å². The molecule has 2 N–H and O–H groups in total. The van der Waals surface area contributed by atoms with E-state index in [-0.39, 0.29) is 0 Å². The Labute approximate surface area is 128 Å². The fraction of sp³-hybridized carbons (Fsp3) is 0.647. The molecule has 2 atom stereocenters. The predicted molar refractivity (Wildman–Crippen MR) is 85.9 cm³/mol. The van der Waals surface area contributed by atoms with Gasteiger partial charge in [0, 0.05) is 12.6 Å². The first-order valence-corrected chi connectivity index (χ1v) is 7.91. The van der Waals surface area contributed by atoms with Crippen molar-refractivity contribution in [1.82, 2.24) is 4.90 Å². The number of hydrogen-bond donors (Lipinski definition) is 1. The Morgan fingerprint density at radius 2 is 1.81 bits per heavy atom. The van der Waals surface area contributed by atoms with Gasteiger partial charge in [-0.3, -0.25) is 4.90 Å². The Kier molecular flexibility index (Phi) is 6.33. The molecular weight excluding hydrogens is 264 g/mol. The lowest BCUT2D eigenvalue weighted by Crippen LogP contribution is -2.44. The molecule has 1 fully saturated rings. The van der Waals surface area contributed by atoms with E-state index in [4.69, 9.17) is 15.2 Å². The van der Waals surface area contributed by atoms with Gasteiger partial charge in [-0.25, -0.2) is 0 Å². The summed E-state index contributed by atoms with van der Waals surface area (Å²) in [5.74, 6) is 2.39. The van der Waals surface area contributed by atoms with Gasteiger partial charge in [0.25, 0.3) is 0 Å². The van der Waals surface area contributed by atoms with E-state index in [2.05, 4.69) is 11.9 Å². The second kappa shape index (κ2) is 8.25. The molecule has 0 saturated heterocycles. The number of ether oxygens (including phenoxy) is 2. The van der Waals surface area contributed by atoms with Crippen LogP contribution in [0.4, 0.5) is 0 Å². The monoisotopic (exact) mass is 292 g/mol. The zero-order valence-corrected chi connectivity index (χ0v) is 13.3. The molecule has 0 heterocycles. The summed E-state index contributed by atoms with van der Waals surface area (Å²) in [4.78, 5) is 2.42. The summed E-state index contributed by atoms with van der Waals surface area (Å²) in [6.45, 7) is 2.44. The van der Waals surface area contributed by atoms with Crippen molar-refractivity contribution in [3.63, 3.8) is 0 Å². The largest absolute Gasteiger partial charge is 0.497 e. The molecule has 2 rings (SSSR count). The maximum atomic E-state index is 5.91. The van der Waals surface area contributed by atoms with Crippen molar-refractivity contribution >= 4 is 0 Å². The Bertz CT molecular complexity index is 408. The first-order valence-electron chi connectivity index (χ1n) is 7.91. The third-order valence-electron chi connectivity index (χ3n) is 4.51. The highest BCUT2D eigenvalue weighted by Gasteiger charge is 2.26. The SMILES string of the molecule is COc1ccc(OCCN(C)C2CCCCC2CN)cc1. The van der Waals surface area contributed by atoms with E-state index in [9.17, 15) is 0 Å². The maximum Gasteiger partial charge on any atom is 0.119 e. The number of rotatable bonds is 7. The van der Waals surface area contributed by atoms with Crippen molar-refractivity contribution in [3.05, 3.63) is 24.3 Å². The minimum atomic E-state index is 0.614. The van der Waals surface area contributed by atoms with Crippen molar-refractivity contribution in [2.24, 2.45) is 11.7 Å². The van der Waals surface area contributed by atoms with Gasteiger partial charge in [-0.2, -0.15) is 0 Å². The van der Waals surface area contributed by atoms with Crippen molar-refractivity contribution in [2.75, 3.05) is 33.9 Å². The summed E-state index contributed by atoms with van der Waals surface area (Å²) in [7, 11) is 3.86. The van der Waals surface area contributed by atoms with E-state index in [1.165, 1.54) is 25.7 Å². The van der Waals surface area contributed by atoms with Crippen molar-refractivity contribution < 1.29 is 9.47 Å². The third-order valence-corrected chi connectivity index (χ3v) is 4.51. The summed E-state index contributed by atoms with van der Waals surface area (Å²) in [6, 6.07) is 8.35. The van der Waals surface area contributed by atoms with Gasteiger partial charge in [-0.1, -0.05) is 12.8 Å². The second-order valence-corrected chi connectivity index (χ2v) is 5.85. The van der Waals surface area contributed by atoms with Gasteiger partial charge in [0.15, 0.2) is 0 Å². The van der Waals surface area contributed by atoms with Gasteiger partial charge in [-0.05, 0) is 56.6 Å². The average Bonchev–Trinajstić information content (AvgIpc) is 2.55. The Balaban J connectivity index is 1.76. The zero-order chi connectivity index (χ0) is 15.1. The topological polar surface area (TPSA) is 47.7 Å². The minimum absolute atomic E-state index is 0.614. The highest BCUT2D eigenvalue weighted by Crippen LogP contribution is 2.27. The molecular formula is C17H28N2O2. The summed E-state index contributed by atoms with van der Waals surface area (Å²) in [5, 5.41) is 0. The molecule has 2 unspecified atom stereocenters. The van der Waals surface area contributed by atoms with Crippen LogP contribution < -0.4 is 15.2 Å². The molecule has 1 saturated carbocycles. The minimum Gasteiger partial charge on any atom is -0.497 e. The van der Waals surface area contributed by atoms with Gasteiger partial charge in [0.2, 0.25) is 0 Å². The molecule has 118 valence electrons. The van der Waals surface area contributed by atoms with Crippen LogP contribution in [0, 0.1) is 5.92 Å². The van der Waals surface area contributed by atoms with Crippen LogP contribution in [0.5, 0.6) is 11.5 Å². The third kappa shape index (κ3) is 4.61. The smallest absolute Gasteiger partial charge is 0.119 e. The molecule has 1 aliphatic rings. The standard InChI is InChI=1S/C17H28N2O2/c1-19(17-6-4-3-5-14(17)13-18)11-12-21-16-9-7-15(20-2)8-10-16/h7-10,14,17H,3-6,11-13,18H2,1-2H3. The summed E-state index contributed by atoms with van der Waals surface area (Å²) >= 11 is 0. The summed E-state index contributed by atoms with van der Waals surface area (Å²) in [6.07, 6.45) is 5.19. The Hall–Kier alpha value is -1.26. The predicted octanol–water partition coefficient (Wildman–Crippen LogP) is 2.52. The van der Waals surface area contributed by atoms with Crippen LogP contribution in [-0.2, 0) is 0 Å². The Morgan fingerprint density at radius 1 is 1.14 bits per heavy atom. The van der Waals surface area contributed by atoms with E-state index >= 15 is 0 Å². The molecule has 1 aliphatic carbocycles. The highest BCUT2D eigenvalue weighted by molar-refractivity contribution is 5.31. The van der Waals surface area contributed by atoms with Gasteiger partial charge in [0.05, 0.1) is 7.11 Å². The lowest BCUT2D eigenvalue weighted by molar-refractivity contribution is 0.115. The highest BCUT2D eigenvalue weighted by atomic mass is 16.5. The van der Waals surface area contributed by atoms with Gasteiger partial charge >= 0.3 is 0 Å². The van der Waals surface area contributed by atoms with Crippen LogP contribution in [0.2, 0.25) is 0 Å². The average molecular weight is 292 g/mol. The second-order valence-electron chi connectivity index (χ2n) is 5.85. The van der Waals surface area contributed by atoms with E-state index in [1.807, 2.05) is 24.3 Å². The van der Waals surface area contributed by atoms with Gasteiger partial charge in [0.1, 0.15) is 18.1 Å². The zero-order valence-electron chi connectivity index (χ0n) is 13.3. The fourth-order valence-electron chi connectivity index (χ4n) is 3.19. The maximum absolute atomic E-state index is 5.91. The molecule has 0 radical (unpaired) electrons. The lowest BCUT2D eigenvalue weighted by Gasteiger charge is -2.37. The van der Waals surface area contributed by atoms with E-state index < -0.39 is 0 Å². The van der Waals surface area contributed by atoms with Crippen LogP contribution in [0.3, 0.4) is 0 Å². The fourth-order valence-corrected chi connectivity index (χ4v) is 3.19. The molecule has 0 spiro atoms. The molecule has 0 amide bonds. The van der Waals surface area contributed by atoms with Crippen molar-refractivity contribution in [2.45, 2.75) is 31.7 Å². The van der Waals surface area contributed by atoms with Crippen LogP contribution in [-0.4, -0.2) is 44.8 Å². The quantitative estimate of drug-likeness (QED) is 0.839. The normalized spacial score (nSPS) is 22.3. The van der Waals surface area contributed by atoms with E-state index in [0.29, 0.717) is 18.6 Å². The van der Waals surface area contributed by atoms with E-state index in [1.54, 1.807) is 7.11 Å². The Morgan fingerprint density at radius 3 is 2.48 bits per heavy atom. The number of methoxy groups -OCH3 is 1. The van der Waals surface area contributed by atoms with E-state index in [0.717, 1.165) is 24.6 Å². The number of hydrogen-bond acceptors (Lipinski definition) is 4. The van der Waals surface area contributed by atoms with Gasteiger partial charge < -0.3 is 15.2 Å². The van der Waals surface area contributed by atoms with Crippen molar-refractivity contribution in [3.8, 4) is 11.5 Å². The molecule has 1 aromatic carbocycles. The lowest BCUT2D eigenvalue weighted by atomic mass is 9.84. The van der Waals surface area contributed by atoms with Crippen LogP contribution in [0.25, 0.3) is 0 Å². The molecule has 0 aliphatic heterocycles. The molecule has 21 heavy (non-hydrogen) atoms. The summed E-state index contributed by atoms with van der Waals surface area (Å²) in [5.41, 5.74) is 5.91. The van der Waals surface area contributed by atoms with Crippen LogP contribution >= 0.6 is 0 Å². The molecule has 4 heteroatoms. The number of nitrogens with two attached hydrogens (primary N) is 1. The summed E-state index contributed by atoms with van der Waals surface area (Å²) < 4.78 is 10.9. The van der Waals surface area contributed by atoms with Crippen molar-refractivity contribution in [1.29, 1.82) is 0 Å². The molecule has 4 nitrogen and oxygen atoms in total. The number of nitrogens with zero attached hydrogens (tertiary/aromatic N) is 1. The molecule has 0 aromatic heterocycles. The first kappa shape index (κ1) is 16.1.